The van der Waals surface area contributed by atoms with Gasteiger partial charge in [-0.1, -0.05) is 72.8 Å². The van der Waals surface area contributed by atoms with Gasteiger partial charge < -0.3 is 16.0 Å². The molecule has 0 aliphatic heterocycles. The number of hydrogen-bond donors (Lipinski definition) is 2. The largest absolute Gasteiger partial charge is 0.368 e. The number of amides is 1. The molecule has 1 amide bonds. The number of primary amides is 1. The first-order valence-corrected chi connectivity index (χ1v) is 10.9. The zero-order valence-electron chi connectivity index (χ0n) is 19.4. The van der Waals surface area contributed by atoms with Gasteiger partial charge in [0.25, 0.3) is 0 Å². The van der Waals surface area contributed by atoms with Crippen molar-refractivity contribution in [2.45, 2.75) is 18.4 Å². The predicted octanol–water partition coefficient (Wildman–Crippen LogP) is 4.39. The summed E-state index contributed by atoms with van der Waals surface area (Å²) in [5.41, 5.74) is 14.2. The molecule has 4 N–H and O–H groups in total. The maximum atomic E-state index is 15.5. The van der Waals surface area contributed by atoms with E-state index < -0.39 is 23.2 Å². The van der Waals surface area contributed by atoms with Gasteiger partial charge in [-0.2, -0.15) is 0 Å². The summed E-state index contributed by atoms with van der Waals surface area (Å²) in [5, 5.41) is 0. The highest BCUT2D eigenvalue weighted by Crippen LogP contribution is 2.41. The zero-order valence-corrected chi connectivity index (χ0v) is 20.3. The molecule has 180 valence electrons. The van der Waals surface area contributed by atoms with E-state index in [0.717, 1.165) is 11.1 Å². The third-order valence-corrected chi connectivity index (χ3v) is 6.48. The predicted molar refractivity (Wildman–Crippen MR) is 139 cm³/mol. The van der Waals surface area contributed by atoms with Gasteiger partial charge in [-0.15, -0.1) is 12.4 Å². The van der Waals surface area contributed by atoms with Crippen LogP contribution in [0.5, 0.6) is 0 Å². The van der Waals surface area contributed by atoms with Crippen molar-refractivity contribution >= 4 is 18.3 Å². The Bertz CT molecular complexity index is 1370. The number of hydrogen-bond acceptors (Lipinski definition) is 3. The van der Waals surface area contributed by atoms with Crippen LogP contribution in [0.3, 0.4) is 0 Å². The summed E-state index contributed by atoms with van der Waals surface area (Å²) in [6.45, 7) is 1.75. The molecule has 0 saturated heterocycles. The van der Waals surface area contributed by atoms with Gasteiger partial charge in [0.1, 0.15) is 11.4 Å². The number of halogens is 2. The number of aromatic nitrogens is 1. The Morgan fingerprint density at radius 1 is 0.886 bits per heavy atom. The van der Waals surface area contributed by atoms with E-state index in [1.54, 1.807) is 32.2 Å². The summed E-state index contributed by atoms with van der Waals surface area (Å²) >= 11 is 0. The SMILES string of the molecule is Cc1c(-c2ccc([C@](N)(C(N)=O)C(c3ccccc3)c3ccccc3)cc2F)ccc(=O)n1C.Cl. The quantitative estimate of drug-likeness (QED) is 0.419. The molecule has 4 aromatic rings. The number of benzene rings is 3. The Kier molecular flexibility index (Phi) is 7.58. The second-order valence-electron chi connectivity index (χ2n) is 8.41. The molecule has 5 nitrogen and oxygen atoms in total. The van der Waals surface area contributed by atoms with E-state index in [-0.39, 0.29) is 23.5 Å². The normalized spacial score (nSPS) is 12.6. The van der Waals surface area contributed by atoms with Crippen molar-refractivity contribution in [1.29, 1.82) is 0 Å². The van der Waals surface area contributed by atoms with E-state index in [1.165, 1.54) is 16.7 Å². The molecule has 1 aromatic heterocycles. The lowest BCUT2D eigenvalue weighted by atomic mass is 9.71. The van der Waals surface area contributed by atoms with E-state index in [2.05, 4.69) is 0 Å². The third-order valence-electron chi connectivity index (χ3n) is 6.48. The fraction of sp³-hybridized carbons (Fsp3) is 0.143. The highest BCUT2D eigenvalue weighted by Gasteiger charge is 2.44. The topological polar surface area (TPSA) is 91.1 Å². The van der Waals surface area contributed by atoms with Crippen LogP contribution < -0.4 is 17.0 Å². The van der Waals surface area contributed by atoms with Crippen LogP contribution in [0.25, 0.3) is 11.1 Å². The van der Waals surface area contributed by atoms with E-state index in [0.29, 0.717) is 16.8 Å². The van der Waals surface area contributed by atoms with Crippen molar-refractivity contribution in [1.82, 2.24) is 4.57 Å². The summed E-state index contributed by atoms with van der Waals surface area (Å²) in [6, 6.07) is 26.2. The first-order valence-electron chi connectivity index (χ1n) is 10.9. The fourth-order valence-electron chi connectivity index (χ4n) is 4.47. The van der Waals surface area contributed by atoms with Crippen LogP contribution in [0.1, 0.15) is 28.3 Å². The van der Waals surface area contributed by atoms with Crippen LogP contribution in [0.2, 0.25) is 0 Å². The van der Waals surface area contributed by atoms with Gasteiger partial charge in [0.05, 0.1) is 0 Å². The van der Waals surface area contributed by atoms with Crippen LogP contribution in [0.15, 0.2) is 95.8 Å². The van der Waals surface area contributed by atoms with Gasteiger partial charge in [0, 0.05) is 35.9 Å². The lowest BCUT2D eigenvalue weighted by Crippen LogP contribution is -2.53. The molecule has 0 radical (unpaired) electrons. The van der Waals surface area contributed by atoms with E-state index in [4.69, 9.17) is 11.5 Å². The van der Waals surface area contributed by atoms with Gasteiger partial charge in [-0.25, -0.2) is 4.39 Å². The van der Waals surface area contributed by atoms with Gasteiger partial charge in [-0.3, -0.25) is 9.59 Å². The molecule has 0 fully saturated rings. The third kappa shape index (κ3) is 4.63. The van der Waals surface area contributed by atoms with Crippen LogP contribution in [0, 0.1) is 12.7 Å². The van der Waals surface area contributed by atoms with Gasteiger partial charge in [-0.05, 0) is 35.7 Å². The van der Waals surface area contributed by atoms with E-state index in [9.17, 15) is 9.59 Å². The number of pyridine rings is 1. The average Bonchev–Trinajstić information content (AvgIpc) is 2.84. The summed E-state index contributed by atoms with van der Waals surface area (Å²) in [7, 11) is 1.63. The van der Waals surface area contributed by atoms with E-state index in [1.807, 2.05) is 60.7 Å². The van der Waals surface area contributed by atoms with Crippen LogP contribution in [-0.4, -0.2) is 10.5 Å². The molecule has 3 aromatic carbocycles. The maximum Gasteiger partial charge on any atom is 0.250 e. The van der Waals surface area contributed by atoms with Crippen LogP contribution in [-0.2, 0) is 17.4 Å². The molecule has 0 aliphatic rings. The first kappa shape index (κ1) is 25.9. The smallest absolute Gasteiger partial charge is 0.250 e. The molecule has 0 bridgehead atoms. The van der Waals surface area contributed by atoms with Crippen molar-refractivity contribution in [3.8, 4) is 11.1 Å². The summed E-state index contributed by atoms with van der Waals surface area (Å²) in [4.78, 5) is 24.9. The zero-order chi connectivity index (χ0) is 24.5. The minimum Gasteiger partial charge on any atom is -0.368 e. The van der Waals surface area contributed by atoms with Crippen molar-refractivity contribution in [3.63, 3.8) is 0 Å². The van der Waals surface area contributed by atoms with Crippen LogP contribution >= 0.6 is 12.4 Å². The Morgan fingerprint density at radius 3 is 1.89 bits per heavy atom. The van der Waals surface area contributed by atoms with Gasteiger partial charge in [0.15, 0.2) is 0 Å². The Morgan fingerprint density at radius 2 is 1.40 bits per heavy atom. The molecule has 0 unspecified atom stereocenters. The average molecular weight is 492 g/mol. The van der Waals surface area contributed by atoms with Crippen LogP contribution in [0.4, 0.5) is 4.39 Å². The molecule has 7 heteroatoms. The molecule has 0 saturated carbocycles. The minimum absolute atomic E-state index is 0. The number of carbonyl (C=O) groups excluding carboxylic acids is 1. The molecule has 0 aliphatic carbocycles. The van der Waals surface area contributed by atoms with Crippen molar-refractivity contribution in [3.05, 3.63) is 130 Å². The van der Waals surface area contributed by atoms with Crippen molar-refractivity contribution < 1.29 is 9.18 Å². The molecule has 1 atom stereocenters. The highest BCUT2D eigenvalue weighted by molar-refractivity contribution is 5.88. The minimum atomic E-state index is -1.72. The second-order valence-corrected chi connectivity index (χ2v) is 8.41. The lowest BCUT2D eigenvalue weighted by molar-refractivity contribution is -0.124. The maximum absolute atomic E-state index is 15.5. The summed E-state index contributed by atoms with van der Waals surface area (Å²) in [6.07, 6.45) is 0. The van der Waals surface area contributed by atoms with E-state index >= 15 is 4.39 Å². The Balaban J connectivity index is 0.00000342. The second kappa shape index (κ2) is 10.3. The van der Waals surface area contributed by atoms with Crippen molar-refractivity contribution in [2.24, 2.45) is 18.5 Å². The van der Waals surface area contributed by atoms with Gasteiger partial charge in [0.2, 0.25) is 11.5 Å². The van der Waals surface area contributed by atoms with Crippen molar-refractivity contribution in [2.75, 3.05) is 0 Å². The monoisotopic (exact) mass is 491 g/mol. The summed E-state index contributed by atoms with van der Waals surface area (Å²) in [5.74, 6) is -1.97. The Hall–Kier alpha value is -3.74. The first-order chi connectivity index (χ1) is 16.2. The number of nitrogens with zero attached hydrogens (tertiary/aromatic N) is 1. The molecule has 35 heavy (non-hydrogen) atoms. The number of carbonyl (C=O) groups is 1. The molecule has 0 spiro atoms. The molecular weight excluding hydrogens is 465 g/mol. The number of nitrogens with two attached hydrogens (primary N) is 2. The fourth-order valence-corrected chi connectivity index (χ4v) is 4.47. The number of rotatable bonds is 6. The molecule has 1 heterocycles. The Labute approximate surface area is 209 Å². The van der Waals surface area contributed by atoms with Gasteiger partial charge >= 0.3 is 0 Å². The lowest BCUT2D eigenvalue weighted by Gasteiger charge is -2.36. The summed E-state index contributed by atoms with van der Waals surface area (Å²) < 4.78 is 17.0. The molecular formula is C28H27ClFN3O2. The molecule has 4 rings (SSSR count). The highest BCUT2D eigenvalue weighted by atomic mass is 35.5. The standard InChI is InChI=1S/C28H26FN3O2.ClH/c1-18-22(15-16-25(33)32(18)2)23-14-13-21(17-24(23)29)28(31,27(30)34)26(19-9-5-3-6-10-19)20-11-7-4-8-12-20;/h3-17,26H,31H2,1-2H3,(H2,30,34);1H/t28-;/m1./s1.